The SMILES string of the molecule is CNS(=O)(=O)c1cc(F)c(-c2ccc(C#N)n2C)cc1F. The van der Waals surface area contributed by atoms with E-state index in [4.69, 9.17) is 5.26 Å². The fraction of sp³-hybridized carbons (Fsp3) is 0.154. The van der Waals surface area contributed by atoms with E-state index < -0.39 is 26.6 Å². The Labute approximate surface area is 120 Å². The highest BCUT2D eigenvalue weighted by Gasteiger charge is 2.22. The van der Waals surface area contributed by atoms with Gasteiger partial charge in [-0.2, -0.15) is 5.26 Å². The van der Waals surface area contributed by atoms with Gasteiger partial charge >= 0.3 is 0 Å². The normalized spacial score (nSPS) is 11.4. The number of nitriles is 1. The fourth-order valence-electron chi connectivity index (χ4n) is 1.93. The third-order valence-electron chi connectivity index (χ3n) is 3.09. The number of nitrogens with one attached hydrogen (secondary N) is 1. The fourth-order valence-corrected chi connectivity index (χ4v) is 2.73. The number of aromatic nitrogens is 1. The van der Waals surface area contributed by atoms with Crippen LogP contribution in [0.15, 0.2) is 29.2 Å². The predicted molar refractivity (Wildman–Crippen MR) is 71.7 cm³/mol. The van der Waals surface area contributed by atoms with Gasteiger partial charge in [0, 0.05) is 12.6 Å². The van der Waals surface area contributed by atoms with Crippen LogP contribution in [-0.2, 0) is 17.1 Å². The molecule has 0 aliphatic rings. The molecule has 21 heavy (non-hydrogen) atoms. The Balaban J connectivity index is 2.66. The molecule has 1 N–H and O–H groups in total. The molecule has 1 aromatic carbocycles. The van der Waals surface area contributed by atoms with E-state index in [1.807, 2.05) is 10.8 Å². The molecule has 0 amide bonds. The number of halogens is 2. The molecule has 0 bridgehead atoms. The van der Waals surface area contributed by atoms with Crippen molar-refractivity contribution in [3.8, 4) is 17.3 Å². The Hall–Kier alpha value is -2.24. The molecule has 2 aromatic rings. The van der Waals surface area contributed by atoms with Crippen LogP contribution in [-0.4, -0.2) is 20.0 Å². The summed E-state index contributed by atoms with van der Waals surface area (Å²) in [5, 5.41) is 8.86. The van der Waals surface area contributed by atoms with Crippen LogP contribution in [0.5, 0.6) is 0 Å². The van der Waals surface area contributed by atoms with Gasteiger partial charge in [0.15, 0.2) is 0 Å². The molecule has 0 fully saturated rings. The zero-order chi connectivity index (χ0) is 15.8. The van der Waals surface area contributed by atoms with Gasteiger partial charge in [-0.25, -0.2) is 21.9 Å². The summed E-state index contributed by atoms with van der Waals surface area (Å²) in [4.78, 5) is -0.763. The van der Waals surface area contributed by atoms with Crippen molar-refractivity contribution >= 4 is 10.0 Å². The number of hydrogen-bond donors (Lipinski definition) is 1. The standard InChI is InChI=1S/C13H11F2N3O2S/c1-17-21(19,20)13-6-10(14)9(5-11(13)15)12-4-3-8(7-16)18(12)2/h3-6,17H,1-2H3. The van der Waals surface area contributed by atoms with Crippen LogP contribution in [0.1, 0.15) is 5.69 Å². The summed E-state index contributed by atoms with van der Waals surface area (Å²) in [6.07, 6.45) is 0. The summed E-state index contributed by atoms with van der Waals surface area (Å²) in [5.41, 5.74) is 0.430. The zero-order valence-corrected chi connectivity index (χ0v) is 12.0. The van der Waals surface area contributed by atoms with Gasteiger partial charge in [-0.3, -0.25) is 0 Å². The maximum atomic E-state index is 14.1. The van der Waals surface area contributed by atoms with Crippen molar-refractivity contribution in [1.82, 2.24) is 9.29 Å². The second-order valence-corrected chi connectivity index (χ2v) is 6.10. The van der Waals surface area contributed by atoms with Crippen LogP contribution < -0.4 is 4.72 Å². The van der Waals surface area contributed by atoms with Gasteiger partial charge in [0.1, 0.15) is 28.3 Å². The minimum absolute atomic E-state index is 0.119. The van der Waals surface area contributed by atoms with Crippen LogP contribution >= 0.6 is 0 Å². The first-order valence-corrected chi connectivity index (χ1v) is 7.29. The van der Waals surface area contributed by atoms with Crippen LogP contribution in [0.25, 0.3) is 11.3 Å². The molecule has 0 atom stereocenters. The molecule has 0 saturated carbocycles. The second kappa shape index (κ2) is 5.27. The van der Waals surface area contributed by atoms with Crippen LogP contribution in [0.4, 0.5) is 8.78 Å². The van der Waals surface area contributed by atoms with Gasteiger partial charge in [0.25, 0.3) is 0 Å². The Morgan fingerprint density at radius 3 is 2.43 bits per heavy atom. The lowest BCUT2D eigenvalue weighted by molar-refractivity contribution is 0.550. The third-order valence-corrected chi connectivity index (χ3v) is 4.52. The summed E-state index contributed by atoms with van der Waals surface area (Å²) in [6.45, 7) is 0. The first kappa shape index (κ1) is 15.2. The summed E-state index contributed by atoms with van der Waals surface area (Å²) < 4.78 is 54.5. The molecule has 0 aliphatic heterocycles. The average molecular weight is 311 g/mol. The van der Waals surface area contributed by atoms with Crippen molar-refractivity contribution < 1.29 is 17.2 Å². The lowest BCUT2D eigenvalue weighted by atomic mass is 10.1. The Kier molecular flexibility index (Phi) is 3.80. The third kappa shape index (κ3) is 2.53. The van der Waals surface area contributed by atoms with E-state index in [1.54, 1.807) is 0 Å². The van der Waals surface area contributed by atoms with Gasteiger partial charge in [-0.15, -0.1) is 0 Å². The van der Waals surface area contributed by atoms with Crippen molar-refractivity contribution in [3.63, 3.8) is 0 Å². The average Bonchev–Trinajstić information content (AvgIpc) is 2.81. The van der Waals surface area contributed by atoms with E-state index in [0.29, 0.717) is 6.07 Å². The highest BCUT2D eigenvalue weighted by atomic mass is 32.2. The van der Waals surface area contributed by atoms with E-state index in [0.717, 1.165) is 13.1 Å². The highest BCUT2D eigenvalue weighted by molar-refractivity contribution is 7.89. The van der Waals surface area contributed by atoms with E-state index in [9.17, 15) is 17.2 Å². The van der Waals surface area contributed by atoms with E-state index in [2.05, 4.69) is 0 Å². The maximum absolute atomic E-state index is 14.1. The minimum Gasteiger partial charge on any atom is -0.335 e. The van der Waals surface area contributed by atoms with Gasteiger partial charge in [0.2, 0.25) is 10.0 Å². The Morgan fingerprint density at radius 2 is 1.90 bits per heavy atom. The Bertz CT molecular complexity index is 851. The summed E-state index contributed by atoms with van der Waals surface area (Å²) >= 11 is 0. The zero-order valence-electron chi connectivity index (χ0n) is 11.2. The lowest BCUT2D eigenvalue weighted by Crippen LogP contribution is -2.20. The molecule has 1 aromatic heterocycles. The molecule has 0 spiro atoms. The van der Waals surface area contributed by atoms with Gasteiger partial charge in [-0.1, -0.05) is 0 Å². The monoisotopic (exact) mass is 311 g/mol. The first-order chi connectivity index (χ1) is 9.81. The molecule has 8 heteroatoms. The molecule has 0 unspecified atom stereocenters. The number of rotatable bonds is 3. The minimum atomic E-state index is -4.08. The molecule has 0 saturated heterocycles. The van der Waals surface area contributed by atoms with Crippen molar-refractivity contribution in [2.45, 2.75) is 4.90 Å². The quantitative estimate of drug-likeness (QED) is 0.938. The molecular formula is C13H11F2N3O2S. The summed E-state index contributed by atoms with van der Waals surface area (Å²) in [5.74, 6) is -1.96. The number of sulfonamides is 1. The molecule has 110 valence electrons. The van der Waals surface area contributed by atoms with Crippen molar-refractivity contribution in [2.24, 2.45) is 7.05 Å². The predicted octanol–water partition coefficient (Wildman–Crippen LogP) is 1.75. The largest absolute Gasteiger partial charge is 0.335 e. The topological polar surface area (TPSA) is 74.9 Å². The smallest absolute Gasteiger partial charge is 0.243 e. The molecular weight excluding hydrogens is 300 g/mol. The number of hydrogen-bond acceptors (Lipinski definition) is 3. The molecule has 5 nitrogen and oxygen atoms in total. The summed E-state index contributed by atoms with van der Waals surface area (Å²) in [7, 11) is -1.44. The van der Waals surface area contributed by atoms with Crippen LogP contribution in [0.2, 0.25) is 0 Å². The van der Waals surface area contributed by atoms with Gasteiger partial charge in [-0.05, 0) is 31.3 Å². The maximum Gasteiger partial charge on any atom is 0.243 e. The molecule has 2 rings (SSSR count). The molecule has 0 radical (unpaired) electrons. The van der Waals surface area contributed by atoms with Crippen molar-refractivity contribution in [3.05, 3.63) is 41.6 Å². The van der Waals surface area contributed by atoms with E-state index in [1.165, 1.54) is 23.7 Å². The lowest BCUT2D eigenvalue weighted by Gasteiger charge is -2.09. The number of benzene rings is 1. The number of nitrogens with zero attached hydrogens (tertiary/aromatic N) is 2. The van der Waals surface area contributed by atoms with Crippen LogP contribution in [0, 0.1) is 23.0 Å². The summed E-state index contributed by atoms with van der Waals surface area (Å²) in [6, 6.07) is 6.25. The second-order valence-electron chi connectivity index (χ2n) is 4.24. The molecule has 0 aliphatic carbocycles. The van der Waals surface area contributed by atoms with Gasteiger partial charge in [0.05, 0.1) is 5.69 Å². The van der Waals surface area contributed by atoms with Crippen molar-refractivity contribution in [1.29, 1.82) is 5.26 Å². The van der Waals surface area contributed by atoms with Gasteiger partial charge < -0.3 is 4.57 Å². The van der Waals surface area contributed by atoms with E-state index >= 15 is 0 Å². The first-order valence-electron chi connectivity index (χ1n) is 5.80. The van der Waals surface area contributed by atoms with Crippen LogP contribution in [0.3, 0.4) is 0 Å². The molecule has 1 heterocycles. The highest BCUT2D eigenvalue weighted by Crippen LogP contribution is 2.28. The Morgan fingerprint density at radius 1 is 1.24 bits per heavy atom. The van der Waals surface area contributed by atoms with Crippen molar-refractivity contribution in [2.75, 3.05) is 7.05 Å². The van der Waals surface area contributed by atoms with E-state index in [-0.39, 0.29) is 17.0 Å².